The van der Waals surface area contributed by atoms with Gasteiger partial charge in [0.05, 0.1) is 0 Å². The van der Waals surface area contributed by atoms with Crippen molar-refractivity contribution in [1.82, 2.24) is 14.6 Å². The van der Waals surface area contributed by atoms with Crippen molar-refractivity contribution in [3.8, 4) is 11.4 Å². The first-order valence-electron chi connectivity index (χ1n) is 6.39. The Morgan fingerprint density at radius 1 is 1.11 bits per heavy atom. The lowest BCUT2D eigenvalue weighted by Crippen LogP contribution is -2.02. The summed E-state index contributed by atoms with van der Waals surface area (Å²) < 4.78 is 2.00. The summed E-state index contributed by atoms with van der Waals surface area (Å²) in [6.45, 7) is 2.72. The second-order valence-corrected chi connectivity index (χ2v) is 4.69. The maximum Gasteiger partial charge on any atom is 0.168 e. The molecule has 96 valence electrons. The van der Waals surface area contributed by atoms with Gasteiger partial charge >= 0.3 is 0 Å². The van der Waals surface area contributed by atoms with Gasteiger partial charge in [0, 0.05) is 11.8 Å². The van der Waals surface area contributed by atoms with Gasteiger partial charge in [-0.25, -0.2) is 0 Å². The van der Waals surface area contributed by atoms with Gasteiger partial charge in [-0.05, 0) is 43.1 Å². The van der Waals surface area contributed by atoms with Crippen LogP contribution in [-0.4, -0.2) is 21.1 Å². The monoisotopic (exact) mass is 252 g/mol. The molecule has 0 bridgehead atoms. The van der Waals surface area contributed by atoms with E-state index in [2.05, 4.69) is 47.5 Å². The average molecular weight is 252 g/mol. The summed E-state index contributed by atoms with van der Waals surface area (Å²) >= 11 is 0. The molecule has 0 saturated carbocycles. The van der Waals surface area contributed by atoms with Crippen LogP contribution in [-0.2, 0) is 6.42 Å². The van der Waals surface area contributed by atoms with E-state index in [1.165, 1.54) is 11.1 Å². The van der Waals surface area contributed by atoms with E-state index in [-0.39, 0.29) is 0 Å². The van der Waals surface area contributed by atoms with Gasteiger partial charge in [0.1, 0.15) is 0 Å². The number of pyridine rings is 1. The van der Waals surface area contributed by atoms with Crippen LogP contribution in [0.1, 0.15) is 11.1 Å². The van der Waals surface area contributed by atoms with Gasteiger partial charge in [-0.2, -0.15) is 0 Å². The molecule has 2 aromatic heterocycles. The van der Waals surface area contributed by atoms with Crippen molar-refractivity contribution in [2.24, 2.45) is 5.73 Å². The number of aryl methyl sites for hydroxylation is 1. The van der Waals surface area contributed by atoms with Crippen molar-refractivity contribution in [1.29, 1.82) is 0 Å². The third-order valence-electron chi connectivity index (χ3n) is 3.21. The highest BCUT2D eigenvalue weighted by atomic mass is 15.2. The first-order chi connectivity index (χ1) is 9.28. The van der Waals surface area contributed by atoms with Crippen LogP contribution >= 0.6 is 0 Å². The van der Waals surface area contributed by atoms with Crippen molar-refractivity contribution in [3.05, 3.63) is 53.7 Å². The number of nitrogens with zero attached hydrogens (tertiary/aromatic N) is 3. The van der Waals surface area contributed by atoms with Crippen molar-refractivity contribution < 1.29 is 0 Å². The van der Waals surface area contributed by atoms with Gasteiger partial charge in [0.15, 0.2) is 11.5 Å². The summed E-state index contributed by atoms with van der Waals surface area (Å²) in [5.74, 6) is 0.870. The Labute approximate surface area is 111 Å². The Bertz CT molecular complexity index is 698. The predicted octanol–water partition coefficient (Wildman–Crippen LogP) is 2.21. The first-order valence-corrected chi connectivity index (χ1v) is 6.39. The summed E-state index contributed by atoms with van der Waals surface area (Å²) in [6.07, 6.45) is 2.91. The Balaban J connectivity index is 2.04. The molecule has 0 aliphatic rings. The number of benzene rings is 1. The second kappa shape index (κ2) is 4.82. The highest BCUT2D eigenvalue weighted by Crippen LogP contribution is 2.19. The van der Waals surface area contributed by atoms with E-state index in [9.17, 15) is 0 Å². The Morgan fingerprint density at radius 3 is 2.63 bits per heavy atom. The fourth-order valence-electron chi connectivity index (χ4n) is 2.18. The smallest absolute Gasteiger partial charge is 0.168 e. The molecule has 3 rings (SSSR count). The van der Waals surface area contributed by atoms with E-state index in [0.29, 0.717) is 6.54 Å². The molecule has 0 fully saturated rings. The van der Waals surface area contributed by atoms with E-state index in [0.717, 1.165) is 23.5 Å². The highest BCUT2D eigenvalue weighted by molar-refractivity contribution is 5.60. The van der Waals surface area contributed by atoms with Gasteiger partial charge in [0.2, 0.25) is 0 Å². The average Bonchev–Trinajstić information content (AvgIpc) is 2.83. The fourth-order valence-corrected chi connectivity index (χ4v) is 2.18. The molecule has 0 unspecified atom stereocenters. The molecule has 1 aromatic carbocycles. The molecular formula is C15H16N4. The standard InChI is InChI=1S/C15H16N4/c1-11-7-9-19-14(10-11)17-18-15(19)13-4-2-12(3-5-13)6-8-16/h2-5,7,9-10H,6,8,16H2,1H3. The summed E-state index contributed by atoms with van der Waals surface area (Å²) in [5.41, 5.74) is 9.93. The number of fused-ring (bicyclic) bond motifs is 1. The minimum atomic E-state index is 0.673. The van der Waals surface area contributed by atoms with Crippen molar-refractivity contribution in [3.63, 3.8) is 0 Å². The van der Waals surface area contributed by atoms with E-state index in [1.807, 2.05) is 16.7 Å². The molecule has 2 N–H and O–H groups in total. The van der Waals surface area contributed by atoms with E-state index >= 15 is 0 Å². The Hall–Kier alpha value is -2.20. The van der Waals surface area contributed by atoms with Crippen LogP contribution in [0.5, 0.6) is 0 Å². The normalized spacial score (nSPS) is 11.1. The Kier molecular flexibility index (Phi) is 3.01. The summed E-state index contributed by atoms with van der Waals surface area (Å²) in [4.78, 5) is 0. The Morgan fingerprint density at radius 2 is 1.89 bits per heavy atom. The molecule has 3 aromatic rings. The SMILES string of the molecule is Cc1ccn2c(-c3ccc(CCN)cc3)nnc2c1. The number of rotatable bonds is 3. The molecule has 0 saturated heterocycles. The van der Waals surface area contributed by atoms with Crippen LogP contribution in [0.4, 0.5) is 0 Å². The number of hydrogen-bond acceptors (Lipinski definition) is 3. The summed E-state index contributed by atoms with van der Waals surface area (Å²) in [5, 5.41) is 8.48. The van der Waals surface area contributed by atoms with Crippen molar-refractivity contribution >= 4 is 5.65 Å². The fraction of sp³-hybridized carbons (Fsp3) is 0.200. The molecule has 0 spiro atoms. The van der Waals surface area contributed by atoms with Gasteiger partial charge in [-0.15, -0.1) is 10.2 Å². The van der Waals surface area contributed by atoms with Gasteiger partial charge in [-0.1, -0.05) is 24.3 Å². The number of nitrogens with two attached hydrogens (primary N) is 1. The molecule has 0 aliphatic heterocycles. The summed E-state index contributed by atoms with van der Waals surface area (Å²) in [6, 6.07) is 12.4. The van der Waals surface area contributed by atoms with Crippen LogP contribution in [0, 0.1) is 6.92 Å². The van der Waals surface area contributed by atoms with Gasteiger partial charge in [-0.3, -0.25) is 4.40 Å². The quantitative estimate of drug-likeness (QED) is 0.777. The lowest BCUT2D eigenvalue weighted by molar-refractivity contribution is 0.968. The number of hydrogen-bond donors (Lipinski definition) is 1. The maximum atomic E-state index is 5.56. The molecule has 0 atom stereocenters. The van der Waals surface area contributed by atoms with Gasteiger partial charge in [0.25, 0.3) is 0 Å². The van der Waals surface area contributed by atoms with Gasteiger partial charge < -0.3 is 5.73 Å². The summed E-state index contributed by atoms with van der Waals surface area (Å²) in [7, 11) is 0. The zero-order chi connectivity index (χ0) is 13.2. The third-order valence-corrected chi connectivity index (χ3v) is 3.21. The van der Waals surface area contributed by atoms with Crippen LogP contribution in [0.15, 0.2) is 42.6 Å². The van der Waals surface area contributed by atoms with Crippen LogP contribution in [0.3, 0.4) is 0 Å². The molecule has 0 aliphatic carbocycles. The van der Waals surface area contributed by atoms with Crippen LogP contribution < -0.4 is 5.73 Å². The van der Waals surface area contributed by atoms with Crippen molar-refractivity contribution in [2.45, 2.75) is 13.3 Å². The third kappa shape index (κ3) is 2.22. The second-order valence-electron chi connectivity index (χ2n) is 4.69. The predicted molar refractivity (Wildman–Crippen MR) is 75.9 cm³/mol. The molecule has 19 heavy (non-hydrogen) atoms. The molecule has 0 radical (unpaired) electrons. The molecule has 4 nitrogen and oxygen atoms in total. The molecule has 2 heterocycles. The van der Waals surface area contributed by atoms with Crippen molar-refractivity contribution in [2.75, 3.05) is 6.54 Å². The molecular weight excluding hydrogens is 236 g/mol. The minimum Gasteiger partial charge on any atom is -0.330 e. The minimum absolute atomic E-state index is 0.673. The largest absolute Gasteiger partial charge is 0.330 e. The lowest BCUT2D eigenvalue weighted by Gasteiger charge is -2.02. The molecule has 4 heteroatoms. The highest BCUT2D eigenvalue weighted by Gasteiger charge is 2.07. The van der Waals surface area contributed by atoms with Crippen LogP contribution in [0.2, 0.25) is 0 Å². The zero-order valence-electron chi connectivity index (χ0n) is 10.9. The molecule has 0 amide bonds. The lowest BCUT2D eigenvalue weighted by atomic mass is 10.1. The maximum absolute atomic E-state index is 5.56. The number of aromatic nitrogens is 3. The first kappa shape index (κ1) is 11.9. The van der Waals surface area contributed by atoms with E-state index < -0.39 is 0 Å². The van der Waals surface area contributed by atoms with E-state index in [4.69, 9.17) is 5.73 Å². The van der Waals surface area contributed by atoms with E-state index in [1.54, 1.807) is 0 Å². The topological polar surface area (TPSA) is 56.2 Å². The van der Waals surface area contributed by atoms with Crippen LogP contribution in [0.25, 0.3) is 17.0 Å². The zero-order valence-corrected chi connectivity index (χ0v) is 10.9.